The highest BCUT2D eigenvalue weighted by Crippen LogP contribution is 2.46. The molecule has 0 saturated carbocycles. The molecule has 3 N–H and O–H groups in total. The van der Waals surface area contributed by atoms with Crippen molar-refractivity contribution < 1.29 is 28.6 Å². The van der Waals surface area contributed by atoms with Crippen LogP contribution in [0.4, 0.5) is 0 Å². The Morgan fingerprint density at radius 3 is 2.26 bits per heavy atom. The molecule has 0 spiro atoms. The smallest absolute Gasteiger partial charge is 0.246 e. The summed E-state index contributed by atoms with van der Waals surface area (Å²) in [4.78, 5) is 42.4. The van der Waals surface area contributed by atoms with E-state index in [2.05, 4.69) is 28.1 Å². The third-order valence-electron chi connectivity index (χ3n) is 8.61. The fraction of sp³-hybridized carbons (Fsp3) is 0.571. The van der Waals surface area contributed by atoms with Crippen LogP contribution < -0.4 is 16.0 Å². The zero-order valence-corrected chi connectivity index (χ0v) is 28.4. The van der Waals surface area contributed by atoms with Crippen molar-refractivity contribution in [1.82, 2.24) is 20.9 Å². The lowest BCUT2D eigenvalue weighted by Gasteiger charge is -2.35. The van der Waals surface area contributed by atoms with Gasteiger partial charge in [-0.05, 0) is 55.5 Å². The van der Waals surface area contributed by atoms with Crippen molar-refractivity contribution >= 4 is 29.5 Å². The average Bonchev–Trinajstić information content (AvgIpc) is 3.25. The highest BCUT2D eigenvalue weighted by molar-refractivity contribution is 7.99. The summed E-state index contributed by atoms with van der Waals surface area (Å²) in [5.41, 5.74) is 1.71. The van der Waals surface area contributed by atoms with Gasteiger partial charge in [0.2, 0.25) is 17.7 Å². The number of likely N-dealkylation sites (N-methyl/N-ethyl adjacent to an activating group) is 1. The molecule has 252 valence electrons. The van der Waals surface area contributed by atoms with Gasteiger partial charge >= 0.3 is 0 Å². The molecule has 5 atom stereocenters. The Balaban J connectivity index is 1.30. The minimum absolute atomic E-state index is 0.132. The molecule has 2 aliphatic heterocycles. The molecule has 0 aromatic heterocycles. The van der Waals surface area contributed by atoms with E-state index in [1.54, 1.807) is 30.6 Å². The lowest BCUT2D eigenvalue weighted by atomic mass is 9.83. The minimum atomic E-state index is -0.687. The number of benzene rings is 2. The number of carbonyl (C=O) groups excluding carboxylic acids is 3. The van der Waals surface area contributed by atoms with Gasteiger partial charge in [0, 0.05) is 0 Å². The predicted octanol–water partition coefficient (Wildman–Crippen LogP) is 3.32. The third-order valence-corrected chi connectivity index (χ3v) is 9.86. The Hall–Kier alpha value is -2.96. The predicted molar refractivity (Wildman–Crippen MR) is 180 cm³/mol. The van der Waals surface area contributed by atoms with Crippen molar-refractivity contribution in [3.05, 3.63) is 71.8 Å². The van der Waals surface area contributed by atoms with Gasteiger partial charge in [0.15, 0.2) is 0 Å². The molecule has 0 radical (unpaired) electrons. The zero-order valence-electron chi connectivity index (χ0n) is 27.5. The van der Waals surface area contributed by atoms with Crippen molar-refractivity contribution in [2.24, 2.45) is 5.41 Å². The zero-order chi connectivity index (χ0) is 32.9. The van der Waals surface area contributed by atoms with Gasteiger partial charge in [-0.25, -0.2) is 0 Å². The molecule has 2 aromatic rings. The van der Waals surface area contributed by atoms with E-state index in [-0.39, 0.29) is 29.7 Å². The van der Waals surface area contributed by atoms with Crippen molar-refractivity contribution in [1.29, 1.82) is 0 Å². The monoisotopic (exact) mass is 654 g/mol. The van der Waals surface area contributed by atoms with Crippen LogP contribution in [0.3, 0.4) is 0 Å². The van der Waals surface area contributed by atoms with Gasteiger partial charge in [-0.2, -0.15) is 0 Å². The first kappa shape index (κ1) is 35.9. The fourth-order valence-corrected chi connectivity index (χ4v) is 7.49. The Kier molecular flexibility index (Phi) is 13.9. The SMILES string of the molecule is CN[C@@H](C)C(=O)N[C@H]1CCS[C@H]2CC(C)(C)[C@@H](C(=O)N[C@H](COCCOCCOCCc3ccccc3)c3ccccc3)N2C1=O. The average molecular weight is 655 g/mol. The van der Waals surface area contributed by atoms with Crippen molar-refractivity contribution in [2.75, 3.05) is 52.4 Å². The number of nitrogens with one attached hydrogen (secondary N) is 3. The topological polar surface area (TPSA) is 118 Å². The molecule has 11 heteroatoms. The summed E-state index contributed by atoms with van der Waals surface area (Å²) in [6.07, 6.45) is 2.08. The van der Waals surface area contributed by atoms with E-state index < -0.39 is 29.6 Å². The third kappa shape index (κ3) is 10.0. The molecule has 2 saturated heterocycles. The molecule has 0 aliphatic carbocycles. The van der Waals surface area contributed by atoms with Crippen LogP contribution >= 0.6 is 11.8 Å². The summed E-state index contributed by atoms with van der Waals surface area (Å²) in [7, 11) is 1.71. The maximum atomic E-state index is 14.1. The molecule has 10 nitrogen and oxygen atoms in total. The largest absolute Gasteiger partial charge is 0.379 e. The molecule has 2 aromatic carbocycles. The van der Waals surface area contributed by atoms with Gasteiger partial charge in [-0.15, -0.1) is 11.8 Å². The van der Waals surface area contributed by atoms with E-state index in [9.17, 15) is 14.4 Å². The van der Waals surface area contributed by atoms with Gasteiger partial charge in [-0.3, -0.25) is 14.4 Å². The molecule has 4 rings (SSSR count). The highest BCUT2D eigenvalue weighted by atomic mass is 32.2. The lowest BCUT2D eigenvalue weighted by Crippen LogP contribution is -2.58. The summed E-state index contributed by atoms with van der Waals surface area (Å²) >= 11 is 1.68. The molecular weight excluding hydrogens is 604 g/mol. The van der Waals surface area contributed by atoms with Gasteiger partial charge in [0.25, 0.3) is 0 Å². The molecule has 0 unspecified atom stereocenters. The number of rotatable bonds is 17. The number of carbonyl (C=O) groups is 3. The quantitative estimate of drug-likeness (QED) is 0.223. The van der Waals surface area contributed by atoms with E-state index in [1.807, 2.05) is 62.4 Å². The summed E-state index contributed by atoms with van der Waals surface area (Å²) < 4.78 is 17.3. The van der Waals surface area contributed by atoms with E-state index in [1.165, 1.54) is 5.56 Å². The van der Waals surface area contributed by atoms with Crippen molar-refractivity contribution in [3.8, 4) is 0 Å². The van der Waals surface area contributed by atoms with Crippen molar-refractivity contribution in [2.45, 2.75) is 69.6 Å². The van der Waals surface area contributed by atoms with Gasteiger partial charge in [0.1, 0.15) is 12.1 Å². The Morgan fingerprint density at radius 2 is 1.59 bits per heavy atom. The summed E-state index contributed by atoms with van der Waals surface area (Å²) in [6, 6.07) is 17.7. The molecule has 2 aliphatic rings. The number of fused-ring (bicyclic) bond motifs is 1. The number of thioether (sulfide) groups is 1. The molecular formula is C35H50N4O6S. The van der Waals surface area contributed by atoms with Crippen LogP contribution in [0.5, 0.6) is 0 Å². The van der Waals surface area contributed by atoms with Crippen LogP contribution in [0.15, 0.2) is 60.7 Å². The maximum Gasteiger partial charge on any atom is 0.246 e. The fourth-order valence-electron chi connectivity index (χ4n) is 5.91. The molecule has 3 amide bonds. The second-order valence-electron chi connectivity index (χ2n) is 12.5. The summed E-state index contributed by atoms with van der Waals surface area (Å²) in [5, 5.41) is 8.90. The molecule has 0 bridgehead atoms. The normalized spacial score (nSPS) is 22.0. The Bertz CT molecular complexity index is 1250. The van der Waals surface area contributed by atoms with E-state index >= 15 is 0 Å². The van der Waals surface area contributed by atoms with Crippen molar-refractivity contribution in [3.63, 3.8) is 0 Å². The van der Waals surface area contributed by atoms with Crippen LogP contribution in [0.25, 0.3) is 0 Å². The molecule has 2 heterocycles. The van der Waals surface area contributed by atoms with E-state index in [0.29, 0.717) is 45.9 Å². The van der Waals surface area contributed by atoms with E-state index in [4.69, 9.17) is 14.2 Å². The number of amides is 3. The highest BCUT2D eigenvalue weighted by Gasteiger charge is 2.54. The van der Waals surface area contributed by atoms with Crippen LogP contribution in [0.2, 0.25) is 0 Å². The summed E-state index contributed by atoms with van der Waals surface area (Å²) in [5.74, 6) is 0.0625. The summed E-state index contributed by atoms with van der Waals surface area (Å²) in [6.45, 7) is 8.50. The van der Waals surface area contributed by atoms with Crippen LogP contribution in [0.1, 0.15) is 50.8 Å². The number of hydrogen-bond acceptors (Lipinski definition) is 8. The van der Waals surface area contributed by atoms with Crippen LogP contribution in [-0.4, -0.2) is 98.6 Å². The van der Waals surface area contributed by atoms with E-state index in [0.717, 1.165) is 17.7 Å². The second-order valence-corrected chi connectivity index (χ2v) is 13.8. The number of hydrogen-bond donors (Lipinski definition) is 3. The van der Waals surface area contributed by atoms with Crippen LogP contribution in [0, 0.1) is 5.41 Å². The van der Waals surface area contributed by atoms with Gasteiger partial charge in [0.05, 0.1) is 57.1 Å². The second kappa shape index (κ2) is 17.8. The first-order valence-corrected chi connectivity index (χ1v) is 17.3. The first-order valence-electron chi connectivity index (χ1n) is 16.2. The molecule has 46 heavy (non-hydrogen) atoms. The first-order chi connectivity index (χ1) is 22.2. The van der Waals surface area contributed by atoms with Gasteiger partial charge < -0.3 is 35.1 Å². The molecule has 2 fully saturated rings. The Morgan fingerprint density at radius 1 is 0.957 bits per heavy atom. The minimum Gasteiger partial charge on any atom is -0.379 e. The Labute approximate surface area is 277 Å². The number of nitrogens with zero attached hydrogens (tertiary/aromatic N) is 1. The number of ether oxygens (including phenoxy) is 3. The standard InChI is InChI=1S/C35H50N4O6S/c1-25(36-4)32(40)37-28-16-22-46-30-23-35(2,3)31(39(30)34(28)42)33(41)38-29(27-13-9-6-10-14-27)24-45-21-20-44-19-18-43-17-15-26-11-7-5-8-12-26/h5-14,25,28-31,36H,15-24H2,1-4H3,(H,37,40)(H,38,41)/t25-,28-,29+,30-,31+/m0/s1. The lowest BCUT2D eigenvalue weighted by molar-refractivity contribution is -0.144. The van der Waals surface area contributed by atoms with Crippen LogP contribution in [-0.2, 0) is 35.0 Å². The maximum absolute atomic E-state index is 14.1. The van der Waals surface area contributed by atoms with Gasteiger partial charge in [-0.1, -0.05) is 74.5 Å².